The van der Waals surface area contributed by atoms with Crippen molar-refractivity contribution >= 4 is 5.91 Å². The molecule has 1 amide bonds. The van der Waals surface area contributed by atoms with Gasteiger partial charge in [0.15, 0.2) is 0 Å². The van der Waals surface area contributed by atoms with Crippen LogP contribution in [0.25, 0.3) is 5.69 Å². The van der Waals surface area contributed by atoms with Crippen LogP contribution < -0.4 is 5.32 Å². The van der Waals surface area contributed by atoms with Crippen LogP contribution in [0, 0.1) is 12.7 Å². The number of carbonyl (C=O) groups excluding carboxylic acids is 1. The Labute approximate surface area is 188 Å². The minimum atomic E-state index is -0.297. The van der Waals surface area contributed by atoms with E-state index in [1.165, 1.54) is 17.7 Å². The summed E-state index contributed by atoms with van der Waals surface area (Å²) >= 11 is 0. The number of hydrogen-bond donors (Lipinski definition) is 1. The lowest BCUT2D eigenvalue weighted by Gasteiger charge is -2.34. The predicted octanol–water partition coefficient (Wildman–Crippen LogP) is 3.26. The number of nitrogens with zero attached hydrogens (tertiary/aromatic N) is 4. The van der Waals surface area contributed by atoms with E-state index in [0.717, 1.165) is 57.1 Å². The second kappa shape index (κ2) is 10.5. The number of hydrogen-bond acceptors (Lipinski definition) is 4. The quantitative estimate of drug-likeness (QED) is 0.552. The van der Waals surface area contributed by atoms with E-state index in [9.17, 15) is 9.18 Å². The molecule has 7 heteroatoms. The van der Waals surface area contributed by atoms with Gasteiger partial charge in [0.05, 0.1) is 23.1 Å². The minimum Gasteiger partial charge on any atom is -0.352 e. The van der Waals surface area contributed by atoms with Crippen LogP contribution in [0.15, 0.2) is 60.8 Å². The van der Waals surface area contributed by atoms with Crippen molar-refractivity contribution in [1.29, 1.82) is 0 Å². The molecule has 2 heterocycles. The van der Waals surface area contributed by atoms with Crippen molar-refractivity contribution in [2.24, 2.45) is 0 Å². The Bertz CT molecular complexity index is 1010. The first-order valence-corrected chi connectivity index (χ1v) is 11.2. The monoisotopic (exact) mass is 435 g/mol. The van der Waals surface area contributed by atoms with Gasteiger partial charge in [-0.05, 0) is 49.7 Å². The van der Waals surface area contributed by atoms with Gasteiger partial charge in [0, 0.05) is 39.3 Å². The number of rotatable bonds is 8. The summed E-state index contributed by atoms with van der Waals surface area (Å²) in [4.78, 5) is 17.5. The summed E-state index contributed by atoms with van der Waals surface area (Å²) in [5.41, 5.74) is 3.38. The molecule has 0 atom stereocenters. The van der Waals surface area contributed by atoms with Crippen molar-refractivity contribution in [3.63, 3.8) is 0 Å². The first-order chi connectivity index (χ1) is 15.6. The van der Waals surface area contributed by atoms with Gasteiger partial charge in [0.25, 0.3) is 5.91 Å². The number of benzene rings is 2. The molecule has 0 spiro atoms. The average molecular weight is 436 g/mol. The lowest BCUT2D eigenvalue weighted by Crippen LogP contribution is -2.46. The molecular weight excluding hydrogens is 405 g/mol. The average Bonchev–Trinajstić information content (AvgIpc) is 3.20. The Kier molecular flexibility index (Phi) is 7.29. The Hall–Kier alpha value is -3.03. The maximum atomic E-state index is 13.2. The summed E-state index contributed by atoms with van der Waals surface area (Å²) in [5.74, 6) is -0.419. The van der Waals surface area contributed by atoms with E-state index < -0.39 is 0 Å². The third-order valence-electron chi connectivity index (χ3n) is 5.98. The fourth-order valence-electron chi connectivity index (χ4n) is 4.09. The molecule has 1 saturated heterocycles. The number of halogens is 1. The smallest absolute Gasteiger partial charge is 0.254 e. The fourth-order valence-corrected chi connectivity index (χ4v) is 4.09. The maximum Gasteiger partial charge on any atom is 0.254 e. The van der Waals surface area contributed by atoms with Crippen LogP contribution in [0.1, 0.15) is 28.0 Å². The van der Waals surface area contributed by atoms with Crippen molar-refractivity contribution in [3.8, 4) is 5.69 Å². The maximum absolute atomic E-state index is 13.2. The van der Waals surface area contributed by atoms with Crippen LogP contribution in [0.5, 0.6) is 0 Å². The molecule has 1 aliphatic rings. The zero-order chi connectivity index (χ0) is 22.3. The number of amides is 1. The number of nitrogens with one attached hydrogen (secondary N) is 1. The molecule has 0 aliphatic carbocycles. The van der Waals surface area contributed by atoms with Crippen LogP contribution in [-0.4, -0.2) is 64.8 Å². The summed E-state index contributed by atoms with van der Waals surface area (Å²) in [6.45, 7) is 8.73. The van der Waals surface area contributed by atoms with Crippen LogP contribution >= 0.6 is 0 Å². The second-order valence-electron chi connectivity index (χ2n) is 8.24. The van der Waals surface area contributed by atoms with E-state index in [4.69, 9.17) is 0 Å². The van der Waals surface area contributed by atoms with Gasteiger partial charge < -0.3 is 10.2 Å². The third kappa shape index (κ3) is 5.60. The molecule has 32 heavy (non-hydrogen) atoms. The van der Waals surface area contributed by atoms with Gasteiger partial charge in [-0.2, -0.15) is 5.10 Å². The lowest BCUT2D eigenvalue weighted by atomic mass is 10.2. The summed E-state index contributed by atoms with van der Waals surface area (Å²) in [6.07, 6.45) is 2.48. The molecule has 1 aromatic heterocycles. The molecule has 1 N–H and O–H groups in total. The first-order valence-electron chi connectivity index (χ1n) is 11.2. The molecule has 0 radical (unpaired) electrons. The summed E-state index contributed by atoms with van der Waals surface area (Å²) < 4.78 is 14.8. The van der Waals surface area contributed by atoms with Crippen molar-refractivity contribution in [1.82, 2.24) is 24.9 Å². The molecule has 6 nitrogen and oxygen atoms in total. The molecule has 0 bridgehead atoms. The summed E-state index contributed by atoms with van der Waals surface area (Å²) in [5, 5.41) is 7.30. The fraction of sp³-hybridized carbons (Fsp3) is 0.360. The zero-order valence-corrected chi connectivity index (χ0v) is 18.5. The van der Waals surface area contributed by atoms with Gasteiger partial charge in [-0.15, -0.1) is 0 Å². The van der Waals surface area contributed by atoms with E-state index in [-0.39, 0.29) is 11.7 Å². The van der Waals surface area contributed by atoms with Crippen molar-refractivity contribution in [2.45, 2.75) is 19.9 Å². The highest BCUT2D eigenvalue weighted by Crippen LogP contribution is 2.15. The standard InChI is InChI=1S/C25H30FN5O/c1-20-24(18-28-31(20)23-10-8-22(26)9-11-23)25(32)27-12-5-13-29-14-16-30(17-15-29)19-21-6-3-2-4-7-21/h2-4,6-11,18H,5,12-17,19H2,1H3,(H,27,32). The van der Waals surface area contributed by atoms with Crippen LogP contribution in [-0.2, 0) is 6.54 Å². The second-order valence-corrected chi connectivity index (χ2v) is 8.24. The van der Waals surface area contributed by atoms with E-state index in [1.807, 2.05) is 6.92 Å². The molecule has 4 rings (SSSR count). The van der Waals surface area contributed by atoms with E-state index in [0.29, 0.717) is 12.1 Å². The zero-order valence-electron chi connectivity index (χ0n) is 18.5. The molecular formula is C25H30FN5O. The van der Waals surface area contributed by atoms with Crippen LogP contribution in [0.2, 0.25) is 0 Å². The van der Waals surface area contributed by atoms with E-state index in [1.54, 1.807) is 23.0 Å². The molecule has 1 fully saturated rings. The molecule has 0 saturated carbocycles. The number of piperazine rings is 1. The summed E-state index contributed by atoms with van der Waals surface area (Å²) in [6, 6.07) is 16.7. The highest BCUT2D eigenvalue weighted by molar-refractivity contribution is 5.95. The largest absolute Gasteiger partial charge is 0.352 e. The van der Waals surface area contributed by atoms with Gasteiger partial charge in [0.1, 0.15) is 5.82 Å². The Morgan fingerprint density at radius 3 is 2.41 bits per heavy atom. The van der Waals surface area contributed by atoms with Gasteiger partial charge in [-0.3, -0.25) is 9.69 Å². The van der Waals surface area contributed by atoms with Crippen molar-refractivity contribution in [3.05, 3.63) is 83.4 Å². The number of carbonyl (C=O) groups is 1. The van der Waals surface area contributed by atoms with Crippen LogP contribution in [0.4, 0.5) is 4.39 Å². The predicted molar refractivity (Wildman–Crippen MR) is 123 cm³/mol. The van der Waals surface area contributed by atoms with E-state index >= 15 is 0 Å². The highest BCUT2D eigenvalue weighted by Gasteiger charge is 2.17. The Morgan fingerprint density at radius 2 is 1.69 bits per heavy atom. The highest BCUT2D eigenvalue weighted by atomic mass is 19.1. The Morgan fingerprint density at radius 1 is 1.00 bits per heavy atom. The number of aromatic nitrogens is 2. The SMILES string of the molecule is Cc1c(C(=O)NCCCN2CCN(Cc3ccccc3)CC2)cnn1-c1ccc(F)cc1. The van der Waals surface area contributed by atoms with Crippen LogP contribution in [0.3, 0.4) is 0 Å². The van der Waals surface area contributed by atoms with Crippen molar-refractivity contribution < 1.29 is 9.18 Å². The summed E-state index contributed by atoms with van der Waals surface area (Å²) in [7, 11) is 0. The van der Waals surface area contributed by atoms with Gasteiger partial charge >= 0.3 is 0 Å². The van der Waals surface area contributed by atoms with Gasteiger partial charge in [0.2, 0.25) is 0 Å². The lowest BCUT2D eigenvalue weighted by molar-refractivity contribution is 0.0946. The van der Waals surface area contributed by atoms with Crippen molar-refractivity contribution in [2.75, 3.05) is 39.3 Å². The molecule has 168 valence electrons. The molecule has 0 unspecified atom stereocenters. The van der Waals surface area contributed by atoms with Gasteiger partial charge in [-0.25, -0.2) is 9.07 Å². The minimum absolute atomic E-state index is 0.122. The van der Waals surface area contributed by atoms with Gasteiger partial charge in [-0.1, -0.05) is 30.3 Å². The topological polar surface area (TPSA) is 53.4 Å². The normalized spacial score (nSPS) is 15.1. The molecule has 1 aliphatic heterocycles. The Balaban J connectivity index is 1.18. The molecule has 2 aromatic carbocycles. The van der Waals surface area contributed by atoms with E-state index in [2.05, 4.69) is 50.5 Å². The molecule has 3 aromatic rings. The third-order valence-corrected chi connectivity index (χ3v) is 5.98. The first kappa shape index (κ1) is 22.2.